The topological polar surface area (TPSA) is 202 Å². The van der Waals surface area contributed by atoms with Crippen molar-refractivity contribution in [1.82, 2.24) is 20.6 Å². The molecule has 54 heavy (non-hydrogen) atoms. The molecule has 0 radical (unpaired) electrons. The largest absolute Gasteiger partial charge is 0.481 e. The van der Waals surface area contributed by atoms with Crippen LogP contribution in [-0.2, 0) is 35.9 Å². The van der Waals surface area contributed by atoms with E-state index in [1.54, 1.807) is 12.1 Å². The lowest BCUT2D eigenvalue weighted by Gasteiger charge is -2.24. The van der Waals surface area contributed by atoms with E-state index in [9.17, 15) is 30.0 Å². The minimum absolute atomic E-state index is 0.0216. The quantitative estimate of drug-likeness (QED) is 0.0734. The molecule has 4 aromatic rings. The monoisotopic (exact) mass is 786 g/mol. The van der Waals surface area contributed by atoms with Gasteiger partial charge in [0.05, 0.1) is 27.4 Å². The van der Waals surface area contributed by atoms with Gasteiger partial charge in [0.25, 0.3) is 0 Å². The van der Waals surface area contributed by atoms with Gasteiger partial charge >= 0.3 is 11.9 Å². The first-order valence-corrected chi connectivity index (χ1v) is 17.4. The zero-order valence-electron chi connectivity index (χ0n) is 30.8. The van der Waals surface area contributed by atoms with Gasteiger partial charge in [0.1, 0.15) is 34.3 Å². The van der Waals surface area contributed by atoms with Crippen molar-refractivity contribution in [3.05, 3.63) is 92.0 Å². The Morgan fingerprint density at radius 2 is 1.04 bits per heavy atom. The van der Waals surface area contributed by atoms with Gasteiger partial charge < -0.3 is 39.4 Å². The summed E-state index contributed by atoms with van der Waals surface area (Å²) in [4.78, 5) is 32.0. The molecule has 0 amide bonds. The summed E-state index contributed by atoms with van der Waals surface area (Å²) in [6.07, 6.45) is 0. The Hall–Kier alpha value is -4.70. The predicted molar refractivity (Wildman–Crippen MR) is 202 cm³/mol. The van der Waals surface area contributed by atoms with Gasteiger partial charge in [0, 0.05) is 24.2 Å². The van der Waals surface area contributed by atoms with Crippen molar-refractivity contribution in [2.75, 3.05) is 27.4 Å². The highest BCUT2D eigenvalue weighted by Crippen LogP contribution is 2.34. The van der Waals surface area contributed by atoms with Crippen molar-refractivity contribution in [3.63, 3.8) is 0 Å². The Balaban J connectivity index is 1.50. The standard InChI is InChI=1S/C38H44Cl2N4O10/c1-21-23(17-53-33-29(39)13-25(31(43-33)51-5)15-41-37(3,19-45)35(47)48)9-7-11-27(21)28-12-8-10-24(22(28)2)18-54-34-30(40)14-26(32(44-34)52-6)16-42-38(4,20-46)36(49)50/h7-14,41-42,45-46H,15-20H2,1-6H3,(H,47,48)(H,49,50). The second kappa shape index (κ2) is 18.1. The molecule has 0 spiro atoms. The number of hydrogen-bond acceptors (Lipinski definition) is 12. The number of carboxylic acids is 2. The third kappa shape index (κ3) is 9.50. The summed E-state index contributed by atoms with van der Waals surface area (Å²) in [7, 11) is 2.86. The second-order valence-corrected chi connectivity index (χ2v) is 13.8. The Morgan fingerprint density at radius 1 is 0.667 bits per heavy atom. The SMILES string of the molecule is COc1nc(OCc2cccc(-c3cccc(COc4nc(OC)c(CNC(C)(CO)C(=O)O)cc4Cl)c3C)c2C)c(Cl)cc1CNC(C)(CO)C(=O)O. The first-order valence-electron chi connectivity index (χ1n) is 16.7. The molecule has 0 aliphatic carbocycles. The Morgan fingerprint density at radius 3 is 1.35 bits per heavy atom. The van der Waals surface area contributed by atoms with Crippen LogP contribution in [-0.4, -0.2) is 80.8 Å². The number of aliphatic carboxylic acids is 2. The summed E-state index contributed by atoms with van der Waals surface area (Å²) in [6, 6.07) is 14.9. The lowest BCUT2D eigenvalue weighted by Crippen LogP contribution is -2.52. The number of benzene rings is 2. The third-order valence-electron chi connectivity index (χ3n) is 9.18. The molecule has 0 saturated carbocycles. The van der Waals surface area contributed by atoms with Gasteiger partial charge in [-0.05, 0) is 73.2 Å². The van der Waals surface area contributed by atoms with Crippen LogP contribution in [0.1, 0.15) is 47.2 Å². The third-order valence-corrected chi connectivity index (χ3v) is 9.72. The average molecular weight is 788 g/mol. The van der Waals surface area contributed by atoms with Crippen LogP contribution < -0.4 is 29.6 Å². The maximum Gasteiger partial charge on any atom is 0.326 e. The molecule has 0 aliphatic rings. The van der Waals surface area contributed by atoms with Crippen LogP contribution in [0.15, 0.2) is 48.5 Å². The molecule has 2 unspecified atom stereocenters. The van der Waals surface area contributed by atoms with Gasteiger partial charge in [0.2, 0.25) is 23.5 Å². The van der Waals surface area contributed by atoms with Crippen molar-refractivity contribution in [2.45, 2.75) is 65.1 Å². The van der Waals surface area contributed by atoms with Gasteiger partial charge in [-0.1, -0.05) is 59.6 Å². The van der Waals surface area contributed by atoms with Crippen LogP contribution in [0, 0.1) is 13.8 Å². The van der Waals surface area contributed by atoms with Crippen LogP contribution in [0.4, 0.5) is 0 Å². The molecule has 0 fully saturated rings. The molecular formula is C38H44Cl2N4O10. The lowest BCUT2D eigenvalue weighted by molar-refractivity contribution is -0.146. The molecule has 2 atom stereocenters. The number of aliphatic hydroxyl groups excluding tert-OH is 2. The van der Waals surface area contributed by atoms with Gasteiger partial charge in [-0.3, -0.25) is 20.2 Å². The van der Waals surface area contributed by atoms with Gasteiger partial charge in [-0.15, -0.1) is 0 Å². The predicted octanol–water partition coefficient (Wildman–Crippen LogP) is 5.09. The lowest BCUT2D eigenvalue weighted by atomic mass is 9.92. The van der Waals surface area contributed by atoms with E-state index in [2.05, 4.69) is 20.6 Å². The number of carbonyl (C=O) groups is 2. The molecule has 0 aliphatic heterocycles. The molecule has 2 aromatic heterocycles. The first kappa shape index (κ1) is 42.0. The minimum Gasteiger partial charge on any atom is -0.481 e. The number of rotatable bonds is 19. The summed E-state index contributed by atoms with van der Waals surface area (Å²) in [5, 5.41) is 44.0. The molecule has 6 N–H and O–H groups in total. The number of nitrogens with one attached hydrogen (secondary N) is 2. The zero-order chi connectivity index (χ0) is 39.8. The molecule has 2 aromatic carbocycles. The van der Waals surface area contributed by atoms with Crippen LogP contribution in [0.25, 0.3) is 11.1 Å². The summed E-state index contributed by atoms with van der Waals surface area (Å²) < 4.78 is 23.0. The van der Waals surface area contributed by atoms with Crippen molar-refractivity contribution >= 4 is 35.1 Å². The molecule has 290 valence electrons. The molecule has 2 heterocycles. The van der Waals surface area contributed by atoms with Crippen molar-refractivity contribution in [1.29, 1.82) is 0 Å². The first-order chi connectivity index (χ1) is 25.6. The normalized spacial score (nSPS) is 13.4. The summed E-state index contributed by atoms with van der Waals surface area (Å²) in [5.74, 6) is -1.76. The Kier molecular flexibility index (Phi) is 14.1. The van der Waals surface area contributed by atoms with E-state index >= 15 is 0 Å². The molecule has 0 bridgehead atoms. The molecule has 16 heteroatoms. The summed E-state index contributed by atoms with van der Waals surface area (Å²) in [5.41, 5.74) is 3.50. The number of halogens is 2. The fraction of sp³-hybridized carbons (Fsp3) is 0.368. The van der Waals surface area contributed by atoms with E-state index in [4.69, 9.17) is 42.1 Å². The number of nitrogens with zero attached hydrogens (tertiary/aromatic N) is 2. The maximum atomic E-state index is 11.6. The number of carboxylic acid groups (broad SMARTS) is 2. The highest BCUT2D eigenvalue weighted by molar-refractivity contribution is 6.32. The number of aromatic nitrogens is 2. The van der Waals surface area contributed by atoms with Crippen molar-refractivity contribution in [2.24, 2.45) is 0 Å². The van der Waals surface area contributed by atoms with E-state index in [1.807, 2.05) is 50.2 Å². The van der Waals surface area contributed by atoms with E-state index in [0.717, 1.165) is 33.4 Å². The molecule has 14 nitrogen and oxygen atoms in total. The highest BCUT2D eigenvalue weighted by Gasteiger charge is 2.33. The van der Waals surface area contributed by atoms with Crippen LogP contribution in [0.5, 0.6) is 23.5 Å². The fourth-order valence-electron chi connectivity index (χ4n) is 5.33. The fourth-order valence-corrected chi connectivity index (χ4v) is 5.79. The van der Waals surface area contributed by atoms with Gasteiger partial charge in [-0.2, -0.15) is 9.97 Å². The summed E-state index contributed by atoms with van der Waals surface area (Å²) in [6.45, 7) is 5.81. The summed E-state index contributed by atoms with van der Waals surface area (Å²) >= 11 is 13.1. The van der Waals surface area contributed by atoms with Crippen molar-refractivity contribution < 1.29 is 49.0 Å². The molecule has 0 saturated heterocycles. The van der Waals surface area contributed by atoms with E-state index in [1.165, 1.54) is 28.1 Å². The van der Waals surface area contributed by atoms with Crippen LogP contribution in [0.2, 0.25) is 10.0 Å². The number of pyridine rings is 2. The number of aliphatic hydroxyl groups is 2. The minimum atomic E-state index is -1.57. The number of ether oxygens (including phenoxy) is 4. The Labute approximate surface area is 323 Å². The van der Waals surface area contributed by atoms with E-state index in [-0.39, 0.29) is 59.9 Å². The van der Waals surface area contributed by atoms with Crippen LogP contribution >= 0.6 is 23.2 Å². The van der Waals surface area contributed by atoms with Crippen molar-refractivity contribution in [3.8, 4) is 34.6 Å². The Bertz CT molecular complexity index is 1860. The zero-order valence-corrected chi connectivity index (χ0v) is 32.3. The van der Waals surface area contributed by atoms with E-state index in [0.29, 0.717) is 11.1 Å². The smallest absolute Gasteiger partial charge is 0.326 e. The van der Waals surface area contributed by atoms with E-state index < -0.39 is 36.2 Å². The average Bonchev–Trinajstić information content (AvgIpc) is 3.15. The molecular weight excluding hydrogens is 743 g/mol. The molecule has 4 rings (SSSR count). The number of methoxy groups -OCH3 is 2. The highest BCUT2D eigenvalue weighted by atomic mass is 35.5. The van der Waals surface area contributed by atoms with Gasteiger partial charge in [0.15, 0.2) is 0 Å². The second-order valence-electron chi connectivity index (χ2n) is 12.9. The van der Waals surface area contributed by atoms with Gasteiger partial charge in [-0.25, -0.2) is 0 Å². The van der Waals surface area contributed by atoms with Crippen LogP contribution in [0.3, 0.4) is 0 Å². The maximum absolute atomic E-state index is 11.6. The number of hydrogen-bond donors (Lipinski definition) is 6.